The lowest BCUT2D eigenvalue weighted by atomic mass is 9.69. The SMILES string of the molecule is CC(C)CN(CC(O)C(Cc1ccccc1)NC(=O)OC1C2COC3OCC1C3CC2C)S(=O)(=O)c1ccc(-c2cnc(C(C)C)o2)cc1. The summed E-state index contributed by atoms with van der Waals surface area (Å²) in [7, 11) is -4.02. The van der Waals surface area contributed by atoms with E-state index in [1.807, 2.05) is 58.0 Å². The first-order valence-corrected chi connectivity index (χ1v) is 18.8. The Morgan fingerprint density at radius 1 is 1.00 bits per heavy atom. The van der Waals surface area contributed by atoms with E-state index in [0.717, 1.165) is 12.0 Å². The predicted molar refractivity (Wildman–Crippen MR) is 183 cm³/mol. The molecule has 4 aliphatic rings. The molecule has 266 valence electrons. The number of hydrogen-bond acceptors (Lipinski definition) is 9. The lowest BCUT2D eigenvalue weighted by Gasteiger charge is -2.40. The normalized spacial score (nSPS) is 26.2. The number of amides is 1. The van der Waals surface area contributed by atoms with Crippen LogP contribution in [-0.4, -0.2) is 79.7 Å². The largest absolute Gasteiger partial charge is 0.445 e. The monoisotopic (exact) mass is 695 g/mol. The van der Waals surface area contributed by atoms with Crippen LogP contribution in [-0.2, 0) is 30.7 Å². The highest BCUT2D eigenvalue weighted by Gasteiger charge is 2.55. The van der Waals surface area contributed by atoms with E-state index in [2.05, 4.69) is 17.2 Å². The zero-order valence-corrected chi connectivity index (χ0v) is 29.7. The van der Waals surface area contributed by atoms with Crippen LogP contribution in [0.4, 0.5) is 4.79 Å². The summed E-state index contributed by atoms with van der Waals surface area (Å²) in [5.74, 6) is 1.86. The van der Waals surface area contributed by atoms with Gasteiger partial charge in [-0.15, -0.1) is 0 Å². The van der Waals surface area contributed by atoms with E-state index in [1.54, 1.807) is 30.5 Å². The van der Waals surface area contributed by atoms with Gasteiger partial charge in [-0.05, 0) is 54.5 Å². The number of hydrogen-bond donors (Lipinski definition) is 2. The van der Waals surface area contributed by atoms with Gasteiger partial charge in [-0.1, -0.05) is 65.0 Å². The van der Waals surface area contributed by atoms with E-state index < -0.39 is 28.3 Å². The Hall–Kier alpha value is -3.29. The molecule has 0 radical (unpaired) electrons. The van der Waals surface area contributed by atoms with Crippen LogP contribution in [0.25, 0.3) is 11.3 Å². The van der Waals surface area contributed by atoms with Crippen LogP contribution in [0.1, 0.15) is 58.4 Å². The number of carbonyl (C=O) groups excluding carboxylic acids is 1. The van der Waals surface area contributed by atoms with Gasteiger partial charge in [0.1, 0.15) is 6.10 Å². The van der Waals surface area contributed by atoms with Crippen molar-refractivity contribution >= 4 is 16.1 Å². The molecule has 1 aromatic heterocycles. The second-order valence-electron chi connectivity index (χ2n) is 14.6. The van der Waals surface area contributed by atoms with Gasteiger partial charge in [0, 0.05) is 42.3 Å². The number of ether oxygens (including phenoxy) is 3. The number of rotatable bonds is 13. The number of sulfonamides is 1. The van der Waals surface area contributed by atoms with Crippen LogP contribution in [0.15, 0.2) is 70.1 Å². The molecule has 1 aliphatic carbocycles. The third-order valence-electron chi connectivity index (χ3n) is 10.1. The average molecular weight is 696 g/mol. The number of nitrogens with one attached hydrogen (secondary N) is 1. The van der Waals surface area contributed by atoms with Crippen molar-refractivity contribution in [1.82, 2.24) is 14.6 Å². The topological polar surface area (TPSA) is 140 Å². The molecule has 8 unspecified atom stereocenters. The van der Waals surface area contributed by atoms with E-state index in [9.17, 15) is 18.3 Å². The molecule has 4 fully saturated rings. The summed E-state index contributed by atoms with van der Waals surface area (Å²) in [6.45, 7) is 10.9. The van der Waals surface area contributed by atoms with Crippen molar-refractivity contribution in [3.05, 3.63) is 72.2 Å². The summed E-state index contributed by atoms with van der Waals surface area (Å²) in [4.78, 5) is 18.0. The molecule has 12 heteroatoms. The number of aliphatic hydroxyl groups excluding tert-OH is 1. The molecular weight excluding hydrogens is 646 g/mol. The predicted octanol–water partition coefficient (Wildman–Crippen LogP) is 5.45. The molecule has 2 aromatic carbocycles. The lowest BCUT2D eigenvalue weighted by Crippen LogP contribution is -2.53. The van der Waals surface area contributed by atoms with Gasteiger partial charge in [-0.2, -0.15) is 4.31 Å². The molecule has 2 N–H and O–H groups in total. The fraction of sp³-hybridized carbons (Fsp3) is 0.568. The molecule has 8 atom stereocenters. The highest BCUT2D eigenvalue weighted by atomic mass is 32.2. The fourth-order valence-corrected chi connectivity index (χ4v) is 9.06. The highest BCUT2D eigenvalue weighted by molar-refractivity contribution is 7.89. The van der Waals surface area contributed by atoms with Crippen LogP contribution in [0, 0.1) is 29.6 Å². The van der Waals surface area contributed by atoms with Gasteiger partial charge >= 0.3 is 6.09 Å². The molecule has 4 bridgehead atoms. The van der Waals surface area contributed by atoms with Gasteiger partial charge in [0.2, 0.25) is 10.0 Å². The van der Waals surface area contributed by atoms with Crippen LogP contribution in [0.5, 0.6) is 0 Å². The maximum Gasteiger partial charge on any atom is 0.407 e. The van der Waals surface area contributed by atoms with Gasteiger partial charge < -0.3 is 29.1 Å². The molecule has 11 nitrogen and oxygen atoms in total. The van der Waals surface area contributed by atoms with Crippen LogP contribution in [0.3, 0.4) is 0 Å². The molecule has 1 amide bonds. The number of fused-ring (bicyclic) bond motifs is 2. The molecule has 3 aliphatic heterocycles. The van der Waals surface area contributed by atoms with Gasteiger partial charge in [0.05, 0.1) is 36.5 Å². The van der Waals surface area contributed by atoms with Gasteiger partial charge in [0.25, 0.3) is 0 Å². The van der Waals surface area contributed by atoms with Crippen molar-refractivity contribution in [3.63, 3.8) is 0 Å². The molecular formula is C37H49N3O8S. The maximum absolute atomic E-state index is 14.1. The summed E-state index contributed by atoms with van der Waals surface area (Å²) in [5, 5.41) is 14.6. The number of benzene rings is 2. The Morgan fingerprint density at radius 3 is 2.35 bits per heavy atom. The third kappa shape index (κ3) is 7.88. The second-order valence-corrected chi connectivity index (χ2v) is 16.5. The molecule has 7 rings (SSSR count). The number of carbonyl (C=O) groups is 1. The molecule has 1 saturated carbocycles. The van der Waals surface area contributed by atoms with E-state index in [4.69, 9.17) is 18.6 Å². The van der Waals surface area contributed by atoms with Crippen LogP contribution < -0.4 is 5.32 Å². The first-order valence-electron chi connectivity index (χ1n) is 17.4. The number of aliphatic hydroxyl groups is 1. The molecule has 3 saturated heterocycles. The quantitative estimate of drug-likeness (QED) is 0.239. The standard InChI is InChI=1S/C37H49N3O8S/c1-22(2)18-40(49(43,44)27-13-11-26(12-14-27)33-17-38-35(47-33)23(3)4)19-32(41)31(16-25-9-7-6-8-10-25)39-37(42)48-34-29-20-45-36-28(15-24(29)5)30(34)21-46-36/h6-14,17,22-24,28-32,34,36,41H,15-16,18-21H2,1-5H3,(H,39,42). The Balaban J connectivity index is 1.20. The maximum atomic E-state index is 14.1. The van der Waals surface area contributed by atoms with E-state index in [-0.39, 0.29) is 66.4 Å². The van der Waals surface area contributed by atoms with E-state index in [0.29, 0.717) is 36.3 Å². The lowest BCUT2D eigenvalue weighted by molar-refractivity contribution is -0.137. The van der Waals surface area contributed by atoms with Crippen molar-refractivity contribution in [2.24, 2.45) is 29.6 Å². The minimum Gasteiger partial charge on any atom is -0.445 e. The fourth-order valence-electron chi connectivity index (χ4n) is 7.44. The van der Waals surface area contributed by atoms with Crippen LogP contribution >= 0.6 is 0 Å². The van der Waals surface area contributed by atoms with Crippen molar-refractivity contribution in [1.29, 1.82) is 0 Å². The minimum absolute atomic E-state index is 0.0253. The molecule has 4 heterocycles. The number of aromatic nitrogens is 1. The smallest absolute Gasteiger partial charge is 0.407 e. The number of oxazole rings is 1. The Kier molecular flexibility index (Phi) is 10.8. The highest BCUT2D eigenvalue weighted by Crippen LogP contribution is 2.49. The average Bonchev–Trinajstić information content (AvgIpc) is 3.65. The van der Waals surface area contributed by atoms with Gasteiger partial charge in [-0.25, -0.2) is 18.2 Å². The van der Waals surface area contributed by atoms with E-state index >= 15 is 0 Å². The van der Waals surface area contributed by atoms with Crippen LogP contribution in [0.2, 0.25) is 0 Å². The third-order valence-corrected chi connectivity index (χ3v) is 11.9. The Labute approximate surface area is 289 Å². The van der Waals surface area contributed by atoms with Crippen molar-refractivity contribution in [2.45, 2.75) is 82.8 Å². The summed E-state index contributed by atoms with van der Waals surface area (Å²) < 4.78 is 53.3. The Morgan fingerprint density at radius 2 is 1.69 bits per heavy atom. The molecule has 3 aromatic rings. The van der Waals surface area contributed by atoms with Gasteiger partial charge in [0.15, 0.2) is 17.9 Å². The molecule has 0 spiro atoms. The zero-order chi connectivity index (χ0) is 34.9. The first kappa shape index (κ1) is 35.5. The second kappa shape index (κ2) is 14.9. The van der Waals surface area contributed by atoms with E-state index in [1.165, 1.54) is 4.31 Å². The number of alkyl carbamates (subject to hydrolysis) is 1. The van der Waals surface area contributed by atoms with Gasteiger partial charge in [-0.3, -0.25) is 0 Å². The summed E-state index contributed by atoms with van der Waals surface area (Å²) in [6, 6.07) is 15.1. The summed E-state index contributed by atoms with van der Waals surface area (Å²) in [6.07, 6.45) is 0.377. The zero-order valence-electron chi connectivity index (χ0n) is 28.9. The summed E-state index contributed by atoms with van der Waals surface area (Å²) >= 11 is 0. The number of nitrogens with zero attached hydrogens (tertiary/aromatic N) is 2. The van der Waals surface area contributed by atoms with Crippen molar-refractivity contribution < 1.29 is 36.9 Å². The van der Waals surface area contributed by atoms with Crippen molar-refractivity contribution in [3.8, 4) is 11.3 Å². The Bertz CT molecular complexity index is 1660. The first-order chi connectivity index (χ1) is 23.4. The summed E-state index contributed by atoms with van der Waals surface area (Å²) in [5.41, 5.74) is 1.60. The van der Waals surface area contributed by atoms with Crippen molar-refractivity contribution in [2.75, 3.05) is 26.3 Å². The minimum atomic E-state index is -4.02. The molecule has 49 heavy (non-hydrogen) atoms.